The molecule has 0 aliphatic heterocycles. The van der Waals surface area contributed by atoms with Gasteiger partial charge in [-0.2, -0.15) is 0 Å². The summed E-state index contributed by atoms with van der Waals surface area (Å²) in [5, 5.41) is 0. The first-order valence-corrected chi connectivity index (χ1v) is 9.16. The summed E-state index contributed by atoms with van der Waals surface area (Å²) in [5.41, 5.74) is 7.79. The predicted octanol–water partition coefficient (Wildman–Crippen LogP) is 7.10. The van der Waals surface area contributed by atoms with Crippen LogP contribution in [0.15, 0.2) is 43.7 Å². The van der Waals surface area contributed by atoms with Gasteiger partial charge in [-0.15, -0.1) is 0 Å². The van der Waals surface area contributed by atoms with Crippen molar-refractivity contribution in [1.29, 1.82) is 0 Å². The molecule has 0 unspecified atom stereocenters. The van der Waals surface area contributed by atoms with Crippen LogP contribution in [0.1, 0.15) is 22.3 Å². The minimum atomic E-state index is 1.05. The summed E-state index contributed by atoms with van der Waals surface area (Å²) in [7, 11) is 0. The number of rotatable bonds is 1. The van der Waals surface area contributed by atoms with Crippen molar-refractivity contribution in [1.82, 2.24) is 0 Å². The minimum absolute atomic E-state index is 1.05. The van der Waals surface area contributed by atoms with E-state index in [0.29, 0.717) is 0 Å². The molecular formula is C16H6Br4. The Bertz CT molecular complexity index is 844. The zero-order valence-corrected chi connectivity index (χ0v) is 16.3. The highest BCUT2D eigenvalue weighted by Gasteiger charge is 2.34. The van der Waals surface area contributed by atoms with Gasteiger partial charge in [-0.1, -0.05) is 24.3 Å². The Morgan fingerprint density at radius 1 is 0.800 bits per heavy atom. The topological polar surface area (TPSA) is 0 Å². The molecule has 0 N–H and O–H groups in total. The minimum Gasteiger partial charge on any atom is -0.0616 e. The van der Waals surface area contributed by atoms with Crippen LogP contribution >= 0.6 is 63.7 Å². The van der Waals surface area contributed by atoms with Crippen LogP contribution in [0.25, 0.3) is 21.7 Å². The number of fused-ring (bicyclic) bond motifs is 2. The Kier molecular flexibility index (Phi) is 3.15. The fraction of sp³-hybridized carbons (Fsp3) is 0. The molecule has 0 saturated heterocycles. The molecule has 0 heterocycles. The predicted molar refractivity (Wildman–Crippen MR) is 99.6 cm³/mol. The van der Waals surface area contributed by atoms with Gasteiger partial charge in [-0.25, -0.2) is 0 Å². The maximum absolute atomic E-state index is 3.73. The van der Waals surface area contributed by atoms with Gasteiger partial charge in [0.05, 0.1) is 0 Å². The molecule has 0 nitrogen and oxygen atoms in total. The Morgan fingerprint density at radius 3 is 2.30 bits per heavy atom. The van der Waals surface area contributed by atoms with Gasteiger partial charge in [0, 0.05) is 29.0 Å². The third kappa shape index (κ3) is 1.68. The molecule has 98 valence electrons. The lowest BCUT2D eigenvalue weighted by Crippen LogP contribution is -2.10. The summed E-state index contributed by atoms with van der Waals surface area (Å²) in [6.45, 7) is 0. The van der Waals surface area contributed by atoms with Gasteiger partial charge in [-0.3, -0.25) is 0 Å². The highest BCUT2D eigenvalue weighted by atomic mass is 79.9. The molecule has 4 rings (SSSR count). The van der Waals surface area contributed by atoms with Gasteiger partial charge in [0.2, 0.25) is 0 Å². The standard InChI is InChI=1S/C16H6Br4/c17-11-6-10-12(15(19)13(10)16(20)14(11)18)9-5-7-3-1-2-4-8(7)9/h1-6H. The smallest absolute Gasteiger partial charge is 0.0466 e. The van der Waals surface area contributed by atoms with E-state index in [1.165, 1.54) is 37.9 Å². The molecule has 0 amide bonds. The lowest BCUT2D eigenvalue weighted by atomic mass is 9.75. The second-order valence-corrected chi connectivity index (χ2v) is 7.98. The van der Waals surface area contributed by atoms with Gasteiger partial charge in [0.25, 0.3) is 0 Å². The maximum atomic E-state index is 3.73. The Hall–Kier alpha value is -0.160. The summed E-state index contributed by atoms with van der Waals surface area (Å²) in [6, 6.07) is 10.7. The number of hydrogen-bond acceptors (Lipinski definition) is 0. The highest BCUT2D eigenvalue weighted by molar-refractivity contribution is 9.15. The molecule has 2 aromatic rings. The van der Waals surface area contributed by atoms with Crippen molar-refractivity contribution in [2.24, 2.45) is 0 Å². The zero-order valence-electron chi connectivity index (χ0n) is 9.98. The molecule has 0 atom stereocenters. The summed E-state index contributed by atoms with van der Waals surface area (Å²) >= 11 is 14.6. The average Bonchev–Trinajstić information content (AvgIpc) is 2.41. The number of halogens is 4. The van der Waals surface area contributed by atoms with Gasteiger partial charge in [0.1, 0.15) is 0 Å². The molecule has 0 bridgehead atoms. The van der Waals surface area contributed by atoms with Gasteiger partial charge in [0.15, 0.2) is 0 Å². The molecule has 0 saturated carbocycles. The highest BCUT2D eigenvalue weighted by Crippen LogP contribution is 2.58. The van der Waals surface area contributed by atoms with Crippen molar-refractivity contribution in [3.63, 3.8) is 0 Å². The van der Waals surface area contributed by atoms with E-state index in [0.717, 1.165) is 13.4 Å². The number of benzene rings is 2. The molecule has 0 spiro atoms. The van der Waals surface area contributed by atoms with E-state index >= 15 is 0 Å². The summed E-state index contributed by atoms with van der Waals surface area (Å²) in [6.07, 6.45) is 2.25. The molecule has 20 heavy (non-hydrogen) atoms. The molecule has 2 aliphatic rings. The maximum Gasteiger partial charge on any atom is 0.0466 e. The van der Waals surface area contributed by atoms with Crippen molar-refractivity contribution in [3.8, 4) is 0 Å². The number of allylic oxidation sites excluding steroid dienone is 2. The Labute approximate surface area is 150 Å². The fourth-order valence-electron chi connectivity index (χ4n) is 2.68. The van der Waals surface area contributed by atoms with Crippen molar-refractivity contribution < 1.29 is 0 Å². The normalized spacial score (nSPS) is 15.1. The van der Waals surface area contributed by atoms with E-state index in [2.05, 4.69) is 100 Å². The largest absolute Gasteiger partial charge is 0.0616 e. The second kappa shape index (κ2) is 4.67. The quantitative estimate of drug-likeness (QED) is 0.354. The molecule has 0 radical (unpaired) electrons. The first-order chi connectivity index (χ1) is 9.59. The summed E-state index contributed by atoms with van der Waals surface area (Å²) in [5.74, 6) is 0. The third-order valence-corrected chi connectivity index (χ3v) is 7.79. The van der Waals surface area contributed by atoms with Crippen LogP contribution in [0.4, 0.5) is 0 Å². The van der Waals surface area contributed by atoms with Gasteiger partial charge in [-0.05, 0) is 98.1 Å². The lowest BCUT2D eigenvalue weighted by molar-refractivity contribution is 1.42. The number of hydrogen-bond donors (Lipinski definition) is 0. The van der Waals surface area contributed by atoms with Crippen LogP contribution < -0.4 is 0 Å². The van der Waals surface area contributed by atoms with E-state index in [1.807, 2.05) is 0 Å². The van der Waals surface area contributed by atoms with Crippen LogP contribution in [-0.4, -0.2) is 0 Å². The molecular weight excluding hydrogens is 512 g/mol. The summed E-state index contributed by atoms with van der Waals surface area (Å²) in [4.78, 5) is 0. The van der Waals surface area contributed by atoms with Crippen molar-refractivity contribution >= 4 is 85.4 Å². The van der Waals surface area contributed by atoms with Gasteiger partial charge < -0.3 is 0 Å². The van der Waals surface area contributed by atoms with E-state index < -0.39 is 0 Å². The van der Waals surface area contributed by atoms with Gasteiger partial charge >= 0.3 is 0 Å². The van der Waals surface area contributed by atoms with E-state index in [9.17, 15) is 0 Å². The molecule has 0 fully saturated rings. The van der Waals surface area contributed by atoms with Crippen LogP contribution in [0.5, 0.6) is 0 Å². The fourth-order valence-corrected chi connectivity index (χ4v) is 5.42. The first kappa shape index (κ1) is 13.5. The Morgan fingerprint density at radius 2 is 1.55 bits per heavy atom. The Balaban J connectivity index is 1.87. The van der Waals surface area contributed by atoms with Crippen molar-refractivity contribution in [2.75, 3.05) is 0 Å². The lowest BCUT2D eigenvalue weighted by Gasteiger charge is -2.32. The molecule has 2 aliphatic carbocycles. The molecule has 4 heteroatoms. The average molecular weight is 518 g/mol. The molecule has 2 aromatic carbocycles. The van der Waals surface area contributed by atoms with E-state index in [1.54, 1.807) is 0 Å². The van der Waals surface area contributed by atoms with Crippen LogP contribution in [0.2, 0.25) is 0 Å². The van der Waals surface area contributed by atoms with Crippen LogP contribution in [0, 0.1) is 0 Å². The first-order valence-electron chi connectivity index (χ1n) is 5.99. The third-order valence-electron chi connectivity index (χ3n) is 3.69. The van der Waals surface area contributed by atoms with Crippen LogP contribution in [0.3, 0.4) is 0 Å². The summed E-state index contributed by atoms with van der Waals surface area (Å²) < 4.78 is 4.38. The second-order valence-electron chi connectivity index (χ2n) is 4.74. The SMILES string of the molecule is BrC1=C(C2=Cc3ccccc32)c2cc(Br)c(Br)c(Br)c21. The molecule has 0 aromatic heterocycles. The van der Waals surface area contributed by atoms with Crippen molar-refractivity contribution in [2.45, 2.75) is 0 Å². The van der Waals surface area contributed by atoms with E-state index in [4.69, 9.17) is 0 Å². The van der Waals surface area contributed by atoms with Crippen molar-refractivity contribution in [3.05, 3.63) is 66.0 Å². The van der Waals surface area contributed by atoms with Crippen LogP contribution in [-0.2, 0) is 0 Å². The van der Waals surface area contributed by atoms with E-state index in [-0.39, 0.29) is 0 Å². The zero-order chi connectivity index (χ0) is 14.0. The monoisotopic (exact) mass is 514 g/mol.